The molecular weight excluding hydrogens is 197 g/mol. The Kier molecular flexibility index (Phi) is 3.29. The summed E-state index contributed by atoms with van der Waals surface area (Å²) >= 11 is 0. The van der Waals surface area contributed by atoms with Crippen molar-refractivity contribution in [2.45, 2.75) is 13.0 Å². The molecule has 0 unspecified atom stereocenters. The smallest absolute Gasteiger partial charge is 0.270 e. The van der Waals surface area contributed by atoms with Gasteiger partial charge in [-0.25, -0.2) is 13.2 Å². The SMILES string of the molecule is COc1c(CN)ncc(F)c1C(F)F. The van der Waals surface area contributed by atoms with Crippen molar-refractivity contribution in [1.29, 1.82) is 0 Å². The number of methoxy groups -OCH3 is 1. The van der Waals surface area contributed by atoms with Crippen LogP contribution in [0.25, 0.3) is 0 Å². The highest BCUT2D eigenvalue weighted by atomic mass is 19.3. The van der Waals surface area contributed by atoms with E-state index in [-0.39, 0.29) is 18.0 Å². The van der Waals surface area contributed by atoms with Crippen LogP contribution in [0.15, 0.2) is 6.20 Å². The van der Waals surface area contributed by atoms with E-state index < -0.39 is 17.8 Å². The predicted molar refractivity (Wildman–Crippen MR) is 43.6 cm³/mol. The summed E-state index contributed by atoms with van der Waals surface area (Å²) in [5.41, 5.74) is 4.56. The summed E-state index contributed by atoms with van der Waals surface area (Å²) in [6.45, 7) is -0.0802. The van der Waals surface area contributed by atoms with Gasteiger partial charge in [0.05, 0.1) is 24.6 Å². The van der Waals surface area contributed by atoms with Crippen LogP contribution in [-0.4, -0.2) is 12.1 Å². The minimum absolute atomic E-state index is 0.0802. The Hall–Kier alpha value is -1.30. The molecule has 1 rings (SSSR count). The van der Waals surface area contributed by atoms with E-state index in [1.807, 2.05) is 0 Å². The van der Waals surface area contributed by atoms with E-state index in [0.717, 1.165) is 0 Å². The third kappa shape index (κ3) is 1.79. The zero-order valence-electron chi connectivity index (χ0n) is 7.43. The lowest BCUT2D eigenvalue weighted by Gasteiger charge is -2.11. The number of aromatic nitrogens is 1. The average Bonchev–Trinajstić information content (AvgIpc) is 2.16. The van der Waals surface area contributed by atoms with Crippen LogP contribution in [0.3, 0.4) is 0 Å². The number of hydrogen-bond donors (Lipinski definition) is 1. The number of nitrogens with zero attached hydrogens (tertiary/aromatic N) is 1. The second-order valence-electron chi connectivity index (χ2n) is 2.50. The van der Waals surface area contributed by atoms with Crippen molar-refractivity contribution in [2.75, 3.05) is 7.11 Å². The minimum atomic E-state index is -2.95. The van der Waals surface area contributed by atoms with Gasteiger partial charge in [-0.2, -0.15) is 0 Å². The lowest BCUT2D eigenvalue weighted by atomic mass is 10.2. The van der Waals surface area contributed by atoms with Crippen LogP contribution in [0.5, 0.6) is 5.75 Å². The van der Waals surface area contributed by atoms with Gasteiger partial charge >= 0.3 is 0 Å². The van der Waals surface area contributed by atoms with Crippen molar-refractivity contribution in [3.05, 3.63) is 23.3 Å². The van der Waals surface area contributed by atoms with Crippen molar-refractivity contribution in [1.82, 2.24) is 4.98 Å². The Balaban J connectivity index is 3.35. The number of ether oxygens (including phenoxy) is 1. The first-order valence-electron chi connectivity index (χ1n) is 3.81. The van der Waals surface area contributed by atoms with Crippen molar-refractivity contribution in [2.24, 2.45) is 5.73 Å². The minimum Gasteiger partial charge on any atom is -0.494 e. The highest BCUT2D eigenvalue weighted by molar-refractivity contribution is 5.38. The maximum Gasteiger partial charge on any atom is 0.270 e. The van der Waals surface area contributed by atoms with Crippen LogP contribution in [0, 0.1) is 5.82 Å². The number of nitrogens with two attached hydrogens (primary N) is 1. The van der Waals surface area contributed by atoms with Gasteiger partial charge in [0.2, 0.25) is 0 Å². The van der Waals surface area contributed by atoms with E-state index in [1.165, 1.54) is 7.11 Å². The molecule has 0 saturated carbocycles. The van der Waals surface area contributed by atoms with E-state index in [9.17, 15) is 13.2 Å². The Bertz CT molecular complexity index is 331. The largest absolute Gasteiger partial charge is 0.494 e. The van der Waals surface area contributed by atoms with E-state index in [2.05, 4.69) is 9.72 Å². The molecular formula is C8H9F3N2O. The van der Waals surface area contributed by atoms with Crippen LogP contribution in [-0.2, 0) is 6.54 Å². The predicted octanol–water partition coefficient (Wildman–Crippen LogP) is 1.63. The Morgan fingerprint density at radius 3 is 2.64 bits per heavy atom. The van der Waals surface area contributed by atoms with Gasteiger partial charge in [-0.3, -0.25) is 4.98 Å². The molecule has 0 bridgehead atoms. The number of rotatable bonds is 3. The van der Waals surface area contributed by atoms with Gasteiger partial charge in [0.25, 0.3) is 6.43 Å². The van der Waals surface area contributed by atoms with Crippen molar-refractivity contribution >= 4 is 0 Å². The van der Waals surface area contributed by atoms with E-state index in [0.29, 0.717) is 6.20 Å². The summed E-state index contributed by atoms with van der Waals surface area (Å²) in [7, 11) is 1.17. The van der Waals surface area contributed by atoms with Gasteiger partial charge in [0, 0.05) is 6.54 Å². The van der Waals surface area contributed by atoms with Crippen LogP contribution in [0.1, 0.15) is 17.7 Å². The molecule has 0 aliphatic carbocycles. The molecule has 14 heavy (non-hydrogen) atoms. The maximum atomic E-state index is 12.9. The monoisotopic (exact) mass is 206 g/mol. The molecule has 0 aliphatic rings. The van der Waals surface area contributed by atoms with E-state index >= 15 is 0 Å². The molecule has 3 nitrogen and oxygen atoms in total. The Morgan fingerprint density at radius 1 is 1.57 bits per heavy atom. The molecule has 0 fully saturated rings. The number of hydrogen-bond acceptors (Lipinski definition) is 3. The Labute approximate surface area is 78.7 Å². The lowest BCUT2D eigenvalue weighted by Crippen LogP contribution is -2.07. The van der Waals surface area contributed by atoms with Crippen molar-refractivity contribution in [3.63, 3.8) is 0 Å². The first-order valence-corrected chi connectivity index (χ1v) is 3.81. The van der Waals surface area contributed by atoms with Crippen molar-refractivity contribution in [3.8, 4) is 5.75 Å². The molecule has 1 aromatic rings. The molecule has 78 valence electrons. The summed E-state index contributed by atoms with van der Waals surface area (Å²) in [5.74, 6) is -1.36. The van der Waals surface area contributed by atoms with Crippen LogP contribution >= 0.6 is 0 Å². The third-order valence-electron chi connectivity index (χ3n) is 1.71. The molecule has 2 N–H and O–H groups in total. The van der Waals surface area contributed by atoms with Gasteiger partial charge < -0.3 is 10.5 Å². The zero-order chi connectivity index (χ0) is 10.7. The molecule has 0 amide bonds. The second-order valence-corrected chi connectivity index (χ2v) is 2.50. The normalized spacial score (nSPS) is 10.7. The standard InChI is InChI=1S/C8H9F3N2O/c1-14-7-5(2-12)13-3-4(9)6(7)8(10)11/h3,8H,2,12H2,1H3. The molecule has 0 aromatic carbocycles. The first-order chi connectivity index (χ1) is 6.61. The summed E-state index contributed by atoms with van der Waals surface area (Å²) in [5, 5.41) is 0. The van der Waals surface area contributed by atoms with Crippen LogP contribution in [0.4, 0.5) is 13.2 Å². The van der Waals surface area contributed by atoms with Gasteiger partial charge in [0.1, 0.15) is 0 Å². The fourth-order valence-electron chi connectivity index (χ4n) is 1.10. The third-order valence-corrected chi connectivity index (χ3v) is 1.71. The van der Waals surface area contributed by atoms with E-state index in [1.54, 1.807) is 0 Å². The lowest BCUT2D eigenvalue weighted by molar-refractivity contribution is 0.141. The summed E-state index contributed by atoms with van der Waals surface area (Å²) in [4.78, 5) is 3.55. The second kappa shape index (κ2) is 4.28. The highest BCUT2D eigenvalue weighted by Gasteiger charge is 2.22. The summed E-state index contributed by atoms with van der Waals surface area (Å²) in [6, 6.07) is 0. The molecule has 0 aliphatic heterocycles. The van der Waals surface area contributed by atoms with Gasteiger partial charge in [-0.1, -0.05) is 0 Å². The Morgan fingerprint density at radius 2 is 2.21 bits per heavy atom. The molecule has 1 heterocycles. The zero-order valence-corrected chi connectivity index (χ0v) is 7.43. The number of halogens is 3. The molecule has 0 spiro atoms. The summed E-state index contributed by atoms with van der Waals surface area (Å²) in [6.07, 6.45) is -2.23. The van der Waals surface area contributed by atoms with E-state index in [4.69, 9.17) is 5.73 Å². The van der Waals surface area contributed by atoms with Crippen LogP contribution < -0.4 is 10.5 Å². The fraction of sp³-hybridized carbons (Fsp3) is 0.375. The quantitative estimate of drug-likeness (QED) is 0.817. The molecule has 0 atom stereocenters. The highest BCUT2D eigenvalue weighted by Crippen LogP contribution is 2.32. The molecule has 0 saturated heterocycles. The molecule has 1 aromatic heterocycles. The molecule has 6 heteroatoms. The summed E-state index contributed by atoms with van der Waals surface area (Å²) < 4.78 is 42.4. The maximum absolute atomic E-state index is 12.9. The topological polar surface area (TPSA) is 48.1 Å². The van der Waals surface area contributed by atoms with Gasteiger partial charge in [0.15, 0.2) is 11.6 Å². The van der Waals surface area contributed by atoms with Crippen molar-refractivity contribution < 1.29 is 17.9 Å². The van der Waals surface area contributed by atoms with Gasteiger partial charge in [-0.15, -0.1) is 0 Å². The van der Waals surface area contributed by atoms with Gasteiger partial charge in [-0.05, 0) is 0 Å². The fourth-order valence-corrected chi connectivity index (χ4v) is 1.10. The van der Waals surface area contributed by atoms with Crippen LogP contribution in [0.2, 0.25) is 0 Å². The molecule has 0 radical (unpaired) electrons. The first kappa shape index (κ1) is 10.8. The average molecular weight is 206 g/mol. The number of pyridine rings is 1. The number of alkyl halides is 2.